The average Bonchev–Trinajstić information content (AvgIpc) is 2.89. The number of benzene rings is 1. The summed E-state index contributed by atoms with van der Waals surface area (Å²) in [5.74, 6) is -0.953. The molecule has 5 heteroatoms. The Morgan fingerprint density at radius 3 is 2.37 bits per heavy atom. The number of amides is 2. The molecule has 2 rings (SSSR count). The molecule has 1 aromatic carbocycles. The molecule has 0 spiro atoms. The van der Waals surface area contributed by atoms with E-state index in [1.54, 1.807) is 12.1 Å². The molecule has 5 nitrogen and oxygen atoms in total. The maximum Gasteiger partial charge on any atom is 0.335 e. The van der Waals surface area contributed by atoms with Crippen molar-refractivity contribution < 1.29 is 14.7 Å². The van der Waals surface area contributed by atoms with Gasteiger partial charge in [-0.05, 0) is 30.5 Å². The van der Waals surface area contributed by atoms with Crippen molar-refractivity contribution in [2.24, 2.45) is 0 Å². The van der Waals surface area contributed by atoms with Crippen LogP contribution >= 0.6 is 0 Å². The highest BCUT2D eigenvalue weighted by Crippen LogP contribution is 2.09. The first-order valence-electron chi connectivity index (χ1n) is 6.17. The van der Waals surface area contributed by atoms with Crippen LogP contribution in [-0.2, 0) is 6.54 Å². The summed E-state index contributed by atoms with van der Waals surface area (Å²) >= 11 is 0. The van der Waals surface area contributed by atoms with E-state index in [1.165, 1.54) is 12.1 Å². The number of nitrogens with one attached hydrogen (secondary N) is 2. The van der Waals surface area contributed by atoms with Gasteiger partial charge in [-0.3, -0.25) is 0 Å². The van der Waals surface area contributed by atoms with Crippen LogP contribution in [0.3, 0.4) is 0 Å². The zero-order valence-corrected chi connectivity index (χ0v) is 10.4. The lowest BCUT2D eigenvalue weighted by Crippen LogP contribution is -2.40. The van der Waals surface area contributed by atoms with E-state index in [2.05, 4.69) is 22.8 Å². The second-order valence-electron chi connectivity index (χ2n) is 4.47. The van der Waals surface area contributed by atoms with Crippen LogP contribution in [0, 0.1) is 0 Å². The summed E-state index contributed by atoms with van der Waals surface area (Å²) in [5, 5.41) is 14.4. The maximum atomic E-state index is 11.6. The van der Waals surface area contributed by atoms with Crippen LogP contribution in [0.4, 0.5) is 4.79 Å². The smallest absolute Gasteiger partial charge is 0.335 e. The second kappa shape index (κ2) is 6.04. The predicted molar refractivity (Wildman–Crippen MR) is 70.9 cm³/mol. The van der Waals surface area contributed by atoms with Gasteiger partial charge in [0.2, 0.25) is 0 Å². The first-order valence-corrected chi connectivity index (χ1v) is 6.17. The van der Waals surface area contributed by atoms with E-state index in [-0.39, 0.29) is 17.6 Å². The van der Waals surface area contributed by atoms with Crippen LogP contribution in [0.2, 0.25) is 0 Å². The summed E-state index contributed by atoms with van der Waals surface area (Å²) in [7, 11) is 0. The highest BCUT2D eigenvalue weighted by molar-refractivity contribution is 5.87. The van der Waals surface area contributed by atoms with Crippen molar-refractivity contribution in [3.05, 3.63) is 47.5 Å². The molecule has 0 radical (unpaired) electrons. The quantitative estimate of drug-likeness (QED) is 0.723. The van der Waals surface area contributed by atoms with Gasteiger partial charge < -0.3 is 15.7 Å². The lowest BCUT2D eigenvalue weighted by molar-refractivity contribution is 0.0697. The van der Waals surface area contributed by atoms with Gasteiger partial charge in [0.25, 0.3) is 0 Å². The number of rotatable bonds is 4. The topological polar surface area (TPSA) is 78.4 Å². The molecule has 1 aliphatic carbocycles. The number of carboxylic acids is 1. The van der Waals surface area contributed by atoms with Crippen molar-refractivity contribution in [3.8, 4) is 0 Å². The van der Waals surface area contributed by atoms with E-state index in [1.807, 2.05) is 0 Å². The molecule has 0 aliphatic heterocycles. The molecule has 0 saturated heterocycles. The van der Waals surface area contributed by atoms with Crippen LogP contribution in [0.15, 0.2) is 36.4 Å². The molecule has 0 saturated carbocycles. The van der Waals surface area contributed by atoms with Crippen molar-refractivity contribution in [1.82, 2.24) is 10.6 Å². The third-order valence-corrected chi connectivity index (χ3v) is 3.00. The van der Waals surface area contributed by atoms with Gasteiger partial charge in [0, 0.05) is 12.6 Å². The zero-order valence-electron chi connectivity index (χ0n) is 10.4. The van der Waals surface area contributed by atoms with Gasteiger partial charge in [0.1, 0.15) is 0 Å². The summed E-state index contributed by atoms with van der Waals surface area (Å²) in [6, 6.07) is 6.43. The van der Waals surface area contributed by atoms with E-state index in [4.69, 9.17) is 5.11 Å². The van der Waals surface area contributed by atoms with E-state index in [0.29, 0.717) is 6.54 Å². The summed E-state index contributed by atoms with van der Waals surface area (Å²) in [5.41, 5.74) is 1.11. The highest BCUT2D eigenvalue weighted by Gasteiger charge is 2.12. The maximum absolute atomic E-state index is 11.6. The van der Waals surface area contributed by atoms with Crippen LogP contribution in [0.1, 0.15) is 28.8 Å². The lowest BCUT2D eigenvalue weighted by Gasteiger charge is -2.13. The number of hydrogen-bond acceptors (Lipinski definition) is 2. The number of hydrogen-bond donors (Lipinski definition) is 3. The van der Waals surface area contributed by atoms with Gasteiger partial charge in [0.05, 0.1) is 5.56 Å². The third kappa shape index (κ3) is 3.84. The minimum atomic E-state index is -0.953. The fraction of sp³-hybridized carbons (Fsp3) is 0.286. The van der Waals surface area contributed by atoms with Gasteiger partial charge in [-0.25, -0.2) is 9.59 Å². The standard InChI is InChI=1S/C14H16N2O3/c17-13(18)11-7-5-10(6-8-11)9-15-14(19)16-12-3-1-2-4-12/h1-2,5-8,12H,3-4,9H2,(H,17,18)(H2,15,16,19). The SMILES string of the molecule is O=C(NCc1ccc(C(=O)O)cc1)NC1CC=CC1. The Balaban J connectivity index is 1.78. The van der Waals surface area contributed by atoms with Gasteiger partial charge in [-0.2, -0.15) is 0 Å². The Morgan fingerprint density at radius 1 is 1.16 bits per heavy atom. The molecule has 100 valence electrons. The van der Waals surface area contributed by atoms with Crippen LogP contribution in [0.5, 0.6) is 0 Å². The van der Waals surface area contributed by atoms with E-state index < -0.39 is 5.97 Å². The second-order valence-corrected chi connectivity index (χ2v) is 4.47. The lowest BCUT2D eigenvalue weighted by atomic mass is 10.1. The molecule has 0 unspecified atom stereocenters. The Morgan fingerprint density at radius 2 is 1.79 bits per heavy atom. The summed E-state index contributed by atoms with van der Waals surface area (Å²) in [6.07, 6.45) is 5.85. The fourth-order valence-electron chi connectivity index (χ4n) is 1.92. The average molecular weight is 260 g/mol. The molecule has 1 aromatic rings. The molecular formula is C14H16N2O3. The number of carbonyl (C=O) groups is 2. The molecule has 1 aliphatic rings. The predicted octanol–water partition coefficient (Wildman–Crippen LogP) is 1.90. The van der Waals surface area contributed by atoms with Crippen LogP contribution in [-0.4, -0.2) is 23.1 Å². The highest BCUT2D eigenvalue weighted by atomic mass is 16.4. The molecule has 0 heterocycles. The third-order valence-electron chi connectivity index (χ3n) is 3.00. The Bertz CT molecular complexity index is 486. The molecule has 0 atom stereocenters. The Labute approximate surface area is 111 Å². The molecule has 0 bridgehead atoms. The molecule has 3 N–H and O–H groups in total. The Hall–Kier alpha value is -2.30. The zero-order chi connectivity index (χ0) is 13.7. The van der Waals surface area contributed by atoms with Crippen molar-refractivity contribution in [2.45, 2.75) is 25.4 Å². The van der Waals surface area contributed by atoms with Crippen molar-refractivity contribution in [1.29, 1.82) is 0 Å². The fourth-order valence-corrected chi connectivity index (χ4v) is 1.92. The first kappa shape index (κ1) is 13.1. The monoisotopic (exact) mass is 260 g/mol. The normalized spacial score (nSPS) is 14.3. The molecule has 19 heavy (non-hydrogen) atoms. The summed E-state index contributed by atoms with van der Waals surface area (Å²) < 4.78 is 0. The first-order chi connectivity index (χ1) is 9.15. The molecule has 2 amide bonds. The minimum Gasteiger partial charge on any atom is -0.478 e. The van der Waals surface area contributed by atoms with Gasteiger partial charge in [-0.15, -0.1) is 0 Å². The van der Waals surface area contributed by atoms with E-state index >= 15 is 0 Å². The summed E-state index contributed by atoms with van der Waals surface area (Å²) in [6.45, 7) is 0.381. The summed E-state index contributed by atoms with van der Waals surface area (Å²) in [4.78, 5) is 22.3. The number of urea groups is 1. The molecule has 0 fully saturated rings. The van der Waals surface area contributed by atoms with Crippen LogP contribution in [0.25, 0.3) is 0 Å². The van der Waals surface area contributed by atoms with Gasteiger partial charge in [-0.1, -0.05) is 24.3 Å². The van der Waals surface area contributed by atoms with Crippen molar-refractivity contribution >= 4 is 12.0 Å². The number of carbonyl (C=O) groups excluding carboxylic acids is 1. The largest absolute Gasteiger partial charge is 0.478 e. The van der Waals surface area contributed by atoms with E-state index in [0.717, 1.165) is 18.4 Å². The van der Waals surface area contributed by atoms with E-state index in [9.17, 15) is 9.59 Å². The van der Waals surface area contributed by atoms with Crippen molar-refractivity contribution in [3.63, 3.8) is 0 Å². The van der Waals surface area contributed by atoms with Crippen molar-refractivity contribution in [2.75, 3.05) is 0 Å². The molecule has 0 aromatic heterocycles. The minimum absolute atomic E-state index is 0.189. The van der Waals surface area contributed by atoms with Gasteiger partial charge >= 0.3 is 12.0 Å². The molecular weight excluding hydrogens is 244 g/mol. The Kier molecular flexibility index (Phi) is 4.18. The number of aromatic carboxylic acids is 1. The van der Waals surface area contributed by atoms with Crippen LogP contribution < -0.4 is 10.6 Å². The van der Waals surface area contributed by atoms with Gasteiger partial charge in [0.15, 0.2) is 0 Å². The number of carboxylic acid groups (broad SMARTS) is 1.